The Labute approximate surface area is 137 Å². The largest absolute Gasteiger partial charge is 0.378 e. The Morgan fingerprint density at radius 3 is 2.87 bits per heavy atom. The van der Waals surface area contributed by atoms with Gasteiger partial charge >= 0.3 is 6.03 Å². The minimum absolute atomic E-state index is 0.0527. The summed E-state index contributed by atoms with van der Waals surface area (Å²) in [6.07, 6.45) is 2.01. The number of anilines is 1. The van der Waals surface area contributed by atoms with E-state index >= 15 is 0 Å². The van der Waals surface area contributed by atoms with Gasteiger partial charge in [-0.25, -0.2) is 4.79 Å². The number of hydrogen-bond donors (Lipinski definition) is 2. The molecule has 1 atom stereocenters. The smallest absolute Gasteiger partial charge is 0.322 e. The second kappa shape index (κ2) is 7.66. The quantitative estimate of drug-likeness (QED) is 0.816. The summed E-state index contributed by atoms with van der Waals surface area (Å²) in [5.41, 5.74) is 0.134. The number of nitrogens with one attached hydrogen (secondary N) is 2. The lowest BCUT2D eigenvalue weighted by Gasteiger charge is -2.26. The number of carbonyl (C=O) groups is 2. The molecule has 9 nitrogen and oxygen atoms in total. The zero-order valence-electron chi connectivity index (χ0n) is 12.6. The summed E-state index contributed by atoms with van der Waals surface area (Å²) in [6, 6.07) is -0.271. The van der Waals surface area contributed by atoms with Crippen LogP contribution in [0.15, 0.2) is 0 Å². The normalized spacial score (nSPS) is 21.2. The van der Waals surface area contributed by atoms with Gasteiger partial charge in [-0.3, -0.25) is 10.1 Å². The Hall–Kier alpha value is -1.78. The van der Waals surface area contributed by atoms with E-state index in [0.717, 1.165) is 31.0 Å². The van der Waals surface area contributed by atoms with Crippen LogP contribution in [0.25, 0.3) is 0 Å². The van der Waals surface area contributed by atoms with Crippen molar-refractivity contribution in [3.63, 3.8) is 0 Å². The number of morpholine rings is 1. The molecule has 1 aromatic rings. The monoisotopic (exact) mass is 341 g/mol. The fourth-order valence-electron chi connectivity index (χ4n) is 2.46. The number of nitrogens with zero attached hydrogens (tertiary/aromatic N) is 3. The number of aromatic nitrogens is 2. The van der Waals surface area contributed by atoms with Gasteiger partial charge in [0.05, 0.1) is 19.3 Å². The Kier molecular flexibility index (Phi) is 5.36. The van der Waals surface area contributed by atoms with E-state index in [2.05, 4.69) is 20.2 Å². The molecule has 1 aromatic heterocycles. The predicted octanol–water partition coefficient (Wildman–Crippen LogP) is 0.311. The molecule has 2 aliphatic rings. The van der Waals surface area contributed by atoms with Gasteiger partial charge in [0, 0.05) is 37.8 Å². The van der Waals surface area contributed by atoms with Crippen molar-refractivity contribution in [2.75, 3.05) is 44.8 Å². The molecule has 0 spiro atoms. The Balaban J connectivity index is 1.55. The molecule has 0 aliphatic carbocycles. The Morgan fingerprint density at radius 2 is 2.13 bits per heavy atom. The summed E-state index contributed by atoms with van der Waals surface area (Å²) in [5, 5.41) is 9.65. The summed E-state index contributed by atoms with van der Waals surface area (Å²) in [6.45, 7) is 3.26. The van der Waals surface area contributed by atoms with Crippen LogP contribution in [0.1, 0.15) is 23.3 Å². The first-order valence-corrected chi connectivity index (χ1v) is 8.37. The molecule has 23 heavy (non-hydrogen) atoms. The summed E-state index contributed by atoms with van der Waals surface area (Å²) in [4.78, 5) is 26.0. The Morgan fingerprint density at radius 1 is 1.30 bits per heavy atom. The number of urea groups is 1. The van der Waals surface area contributed by atoms with Crippen molar-refractivity contribution in [3.05, 3.63) is 5.69 Å². The topological polar surface area (TPSA) is 106 Å². The van der Waals surface area contributed by atoms with Crippen LogP contribution < -0.4 is 10.6 Å². The Bertz CT molecular complexity index is 554. The highest BCUT2D eigenvalue weighted by Gasteiger charge is 2.23. The highest BCUT2D eigenvalue weighted by atomic mass is 32.1. The molecule has 2 N–H and O–H groups in total. The number of amides is 3. The van der Waals surface area contributed by atoms with Crippen molar-refractivity contribution >= 4 is 28.5 Å². The van der Waals surface area contributed by atoms with Crippen LogP contribution in [-0.2, 0) is 9.47 Å². The lowest BCUT2D eigenvalue weighted by molar-refractivity contribution is 0.0565. The molecule has 3 amide bonds. The molecule has 1 unspecified atom stereocenters. The first kappa shape index (κ1) is 16.1. The molecule has 2 aliphatic heterocycles. The van der Waals surface area contributed by atoms with Gasteiger partial charge in [0.15, 0.2) is 10.7 Å². The van der Waals surface area contributed by atoms with Crippen molar-refractivity contribution in [1.29, 1.82) is 0 Å². The first-order valence-electron chi connectivity index (χ1n) is 7.60. The van der Waals surface area contributed by atoms with Crippen molar-refractivity contribution in [1.82, 2.24) is 19.8 Å². The second-order valence-electron chi connectivity index (χ2n) is 5.33. The lowest BCUT2D eigenvalue weighted by atomic mass is 10.2. The summed E-state index contributed by atoms with van der Waals surface area (Å²) < 4.78 is 14.4. The molecular formula is C13H19N5O4S. The minimum Gasteiger partial charge on any atom is -0.378 e. The van der Waals surface area contributed by atoms with Crippen LogP contribution >= 0.6 is 11.5 Å². The molecule has 0 aromatic carbocycles. The van der Waals surface area contributed by atoms with Gasteiger partial charge in [-0.05, 0) is 12.8 Å². The van der Waals surface area contributed by atoms with E-state index in [0.29, 0.717) is 37.8 Å². The van der Waals surface area contributed by atoms with Crippen LogP contribution in [0.3, 0.4) is 0 Å². The number of ether oxygens (including phenoxy) is 2. The van der Waals surface area contributed by atoms with E-state index in [1.807, 2.05) is 0 Å². The van der Waals surface area contributed by atoms with Crippen molar-refractivity contribution in [2.45, 2.75) is 18.9 Å². The molecule has 0 radical (unpaired) electrons. The van der Waals surface area contributed by atoms with Gasteiger partial charge in [0.25, 0.3) is 5.91 Å². The van der Waals surface area contributed by atoms with Gasteiger partial charge in [-0.1, -0.05) is 4.49 Å². The summed E-state index contributed by atoms with van der Waals surface area (Å²) >= 11 is 0.985. The van der Waals surface area contributed by atoms with Gasteiger partial charge in [-0.15, -0.1) is 5.10 Å². The van der Waals surface area contributed by atoms with Gasteiger partial charge < -0.3 is 19.7 Å². The fraction of sp³-hybridized carbons (Fsp3) is 0.692. The molecule has 126 valence electrons. The SMILES string of the molecule is O=C(NCC1CCCO1)c1nnsc1NC(=O)N1CCOCC1. The second-order valence-corrected chi connectivity index (χ2v) is 6.08. The summed E-state index contributed by atoms with van der Waals surface area (Å²) in [5.74, 6) is -0.355. The number of hydrogen-bond acceptors (Lipinski definition) is 7. The van der Waals surface area contributed by atoms with Gasteiger partial charge in [-0.2, -0.15) is 0 Å². The highest BCUT2D eigenvalue weighted by molar-refractivity contribution is 7.10. The van der Waals surface area contributed by atoms with Crippen LogP contribution in [-0.4, -0.2) is 72.0 Å². The van der Waals surface area contributed by atoms with Crippen LogP contribution in [0.5, 0.6) is 0 Å². The molecule has 10 heteroatoms. The summed E-state index contributed by atoms with van der Waals surface area (Å²) in [7, 11) is 0. The molecule has 3 rings (SSSR count). The van der Waals surface area contributed by atoms with E-state index in [4.69, 9.17) is 9.47 Å². The van der Waals surface area contributed by atoms with E-state index in [1.54, 1.807) is 4.90 Å². The molecule has 3 heterocycles. The zero-order chi connectivity index (χ0) is 16.1. The number of rotatable bonds is 4. The maximum Gasteiger partial charge on any atom is 0.322 e. The molecule has 2 saturated heterocycles. The minimum atomic E-state index is -0.355. The van der Waals surface area contributed by atoms with E-state index in [-0.39, 0.29) is 23.7 Å². The average molecular weight is 341 g/mol. The zero-order valence-corrected chi connectivity index (χ0v) is 13.4. The third-order valence-corrected chi connectivity index (χ3v) is 4.38. The predicted molar refractivity (Wildman–Crippen MR) is 82.6 cm³/mol. The van der Waals surface area contributed by atoms with E-state index in [9.17, 15) is 9.59 Å². The molecule has 0 bridgehead atoms. The van der Waals surface area contributed by atoms with Crippen molar-refractivity contribution in [2.24, 2.45) is 0 Å². The lowest BCUT2D eigenvalue weighted by Crippen LogP contribution is -2.43. The number of carbonyl (C=O) groups excluding carboxylic acids is 2. The van der Waals surface area contributed by atoms with Gasteiger partial charge in [0.1, 0.15) is 0 Å². The maximum absolute atomic E-state index is 12.2. The van der Waals surface area contributed by atoms with Crippen LogP contribution in [0, 0.1) is 0 Å². The first-order chi connectivity index (χ1) is 11.2. The average Bonchev–Trinajstić information content (AvgIpc) is 3.25. The van der Waals surface area contributed by atoms with Crippen molar-refractivity contribution in [3.8, 4) is 0 Å². The molecular weight excluding hydrogens is 322 g/mol. The molecule has 2 fully saturated rings. The maximum atomic E-state index is 12.2. The van der Waals surface area contributed by atoms with Gasteiger partial charge in [0.2, 0.25) is 0 Å². The third kappa shape index (κ3) is 4.15. The highest BCUT2D eigenvalue weighted by Crippen LogP contribution is 2.19. The van der Waals surface area contributed by atoms with E-state index < -0.39 is 0 Å². The van der Waals surface area contributed by atoms with Crippen LogP contribution in [0.4, 0.5) is 9.80 Å². The van der Waals surface area contributed by atoms with E-state index in [1.165, 1.54) is 0 Å². The standard InChI is InChI=1S/C13H19N5O4S/c19-11(14-8-9-2-1-5-22-9)10-12(23-17-16-10)15-13(20)18-3-6-21-7-4-18/h9H,1-8H2,(H,14,19)(H,15,20). The fourth-order valence-corrected chi connectivity index (χ4v) is 3.02. The van der Waals surface area contributed by atoms with Crippen LogP contribution in [0.2, 0.25) is 0 Å². The third-order valence-electron chi connectivity index (χ3n) is 3.74. The molecule has 0 saturated carbocycles. The van der Waals surface area contributed by atoms with Crippen molar-refractivity contribution < 1.29 is 19.1 Å².